The fraction of sp³-hybridized carbons (Fsp3) is 0.391. The molecule has 2 aliphatic heterocycles. The highest BCUT2D eigenvalue weighted by molar-refractivity contribution is 5.97. The Kier molecular flexibility index (Phi) is 4.40. The Bertz CT molecular complexity index is 970. The monoisotopic (exact) mass is 374 g/mol. The average Bonchev–Trinajstić information content (AvgIpc) is 3.27. The van der Waals surface area contributed by atoms with Gasteiger partial charge in [-0.25, -0.2) is 4.98 Å². The number of amides is 1. The molecule has 1 aromatic heterocycles. The van der Waals surface area contributed by atoms with E-state index in [9.17, 15) is 4.79 Å². The van der Waals surface area contributed by atoms with Crippen LogP contribution in [0.4, 0.5) is 5.69 Å². The van der Waals surface area contributed by atoms with E-state index in [0.29, 0.717) is 5.91 Å². The van der Waals surface area contributed by atoms with Crippen LogP contribution in [0.15, 0.2) is 48.5 Å². The van der Waals surface area contributed by atoms with E-state index in [1.54, 1.807) is 0 Å². The van der Waals surface area contributed by atoms with Crippen molar-refractivity contribution in [3.05, 3.63) is 59.9 Å². The number of benzene rings is 2. The number of aromatic nitrogens is 2. The predicted molar refractivity (Wildman–Crippen MR) is 111 cm³/mol. The summed E-state index contributed by atoms with van der Waals surface area (Å²) in [5.74, 6) is 1.44. The highest BCUT2D eigenvalue weighted by Gasteiger charge is 2.35. The number of hydrogen-bond donors (Lipinski definition) is 1. The van der Waals surface area contributed by atoms with Gasteiger partial charge in [-0.05, 0) is 63.0 Å². The Morgan fingerprint density at radius 1 is 1.11 bits per heavy atom. The molecule has 1 unspecified atom stereocenters. The topological polar surface area (TPSA) is 52.2 Å². The van der Waals surface area contributed by atoms with Crippen molar-refractivity contribution in [3.8, 4) is 0 Å². The van der Waals surface area contributed by atoms with Crippen LogP contribution >= 0.6 is 0 Å². The van der Waals surface area contributed by atoms with Crippen molar-refractivity contribution >= 4 is 22.6 Å². The minimum Gasteiger partial charge on any atom is -0.341 e. The van der Waals surface area contributed by atoms with Gasteiger partial charge in [0.1, 0.15) is 5.82 Å². The number of H-pyrrole nitrogens is 1. The summed E-state index contributed by atoms with van der Waals surface area (Å²) in [5.41, 5.74) is 4.52. The molecular formula is C23H26N4O. The number of likely N-dealkylation sites (tertiary alicyclic amines) is 1. The molecule has 0 aliphatic carbocycles. The van der Waals surface area contributed by atoms with Crippen LogP contribution in [-0.4, -0.2) is 39.9 Å². The summed E-state index contributed by atoms with van der Waals surface area (Å²) in [6.07, 6.45) is 2.81. The predicted octanol–water partition coefficient (Wildman–Crippen LogP) is 3.75. The number of aromatic amines is 1. The van der Waals surface area contributed by atoms with Crippen LogP contribution in [0.25, 0.3) is 11.0 Å². The first kappa shape index (κ1) is 17.4. The van der Waals surface area contributed by atoms with Gasteiger partial charge < -0.3 is 9.88 Å². The molecule has 1 amide bonds. The summed E-state index contributed by atoms with van der Waals surface area (Å²) in [5, 5.41) is 0. The summed E-state index contributed by atoms with van der Waals surface area (Å²) >= 11 is 0. The van der Waals surface area contributed by atoms with Crippen LogP contribution in [0.3, 0.4) is 0 Å². The van der Waals surface area contributed by atoms with Gasteiger partial charge in [-0.1, -0.05) is 30.3 Å². The van der Waals surface area contributed by atoms with Crippen molar-refractivity contribution in [1.82, 2.24) is 14.9 Å². The molecule has 0 radical (unpaired) electrons. The van der Waals surface area contributed by atoms with Crippen molar-refractivity contribution in [2.45, 2.75) is 38.8 Å². The van der Waals surface area contributed by atoms with Gasteiger partial charge in [0.25, 0.3) is 0 Å². The maximum Gasteiger partial charge on any atom is 0.230 e. The molecule has 5 heteroatoms. The number of carbonyl (C=O) groups is 1. The van der Waals surface area contributed by atoms with Gasteiger partial charge in [0.05, 0.1) is 17.6 Å². The van der Waals surface area contributed by atoms with E-state index in [1.807, 2.05) is 24.3 Å². The SMILES string of the molecule is CC1Cc2ccccc2N1C(=O)C1CCN(Cc2nc3ccccc3[nH]2)CC1. The fourth-order valence-corrected chi connectivity index (χ4v) is 4.73. The number of imidazole rings is 1. The maximum atomic E-state index is 13.2. The summed E-state index contributed by atoms with van der Waals surface area (Å²) in [4.78, 5) is 25.8. The number of piperidine rings is 1. The molecule has 1 atom stereocenters. The molecule has 0 bridgehead atoms. The molecule has 0 spiro atoms. The summed E-state index contributed by atoms with van der Waals surface area (Å²) in [6.45, 7) is 4.86. The summed E-state index contributed by atoms with van der Waals surface area (Å²) in [6, 6.07) is 16.7. The zero-order chi connectivity index (χ0) is 19.1. The lowest BCUT2D eigenvalue weighted by molar-refractivity contribution is -0.124. The average molecular weight is 374 g/mol. The van der Waals surface area contributed by atoms with Crippen molar-refractivity contribution in [2.24, 2.45) is 5.92 Å². The molecule has 28 heavy (non-hydrogen) atoms. The largest absolute Gasteiger partial charge is 0.341 e. The van der Waals surface area contributed by atoms with Crippen molar-refractivity contribution in [1.29, 1.82) is 0 Å². The highest BCUT2D eigenvalue weighted by atomic mass is 16.2. The van der Waals surface area contributed by atoms with E-state index in [1.165, 1.54) is 5.56 Å². The van der Waals surface area contributed by atoms with Crippen LogP contribution in [-0.2, 0) is 17.8 Å². The molecule has 5 nitrogen and oxygen atoms in total. The number of anilines is 1. The number of rotatable bonds is 3. The van der Waals surface area contributed by atoms with E-state index in [-0.39, 0.29) is 12.0 Å². The minimum atomic E-state index is 0.125. The molecule has 2 aromatic carbocycles. The maximum absolute atomic E-state index is 13.2. The van der Waals surface area contributed by atoms with Gasteiger partial charge in [0.2, 0.25) is 5.91 Å². The van der Waals surface area contributed by atoms with E-state index in [2.05, 4.69) is 51.0 Å². The first-order valence-corrected chi connectivity index (χ1v) is 10.3. The second-order valence-corrected chi connectivity index (χ2v) is 8.14. The zero-order valence-electron chi connectivity index (χ0n) is 16.3. The molecule has 3 heterocycles. The first-order chi connectivity index (χ1) is 13.7. The Balaban J connectivity index is 1.23. The Morgan fingerprint density at radius 3 is 2.68 bits per heavy atom. The Morgan fingerprint density at radius 2 is 1.86 bits per heavy atom. The molecule has 5 rings (SSSR count). The van der Waals surface area contributed by atoms with Crippen LogP contribution in [0.1, 0.15) is 31.2 Å². The lowest BCUT2D eigenvalue weighted by Gasteiger charge is -2.34. The number of carbonyl (C=O) groups excluding carboxylic acids is 1. The molecule has 144 valence electrons. The van der Waals surface area contributed by atoms with Gasteiger partial charge in [0, 0.05) is 17.6 Å². The van der Waals surface area contributed by atoms with Gasteiger partial charge in [-0.3, -0.25) is 9.69 Å². The lowest BCUT2D eigenvalue weighted by atomic mass is 9.95. The molecule has 1 saturated heterocycles. The number of para-hydroxylation sites is 3. The first-order valence-electron chi connectivity index (χ1n) is 10.3. The van der Waals surface area contributed by atoms with Gasteiger partial charge in [-0.15, -0.1) is 0 Å². The van der Waals surface area contributed by atoms with Gasteiger partial charge in [0.15, 0.2) is 0 Å². The second kappa shape index (κ2) is 7.06. The highest BCUT2D eigenvalue weighted by Crippen LogP contribution is 2.34. The standard InChI is InChI=1S/C23H26N4O/c1-16-14-18-6-2-5-9-21(18)27(16)23(28)17-10-12-26(13-11-17)15-22-24-19-7-3-4-8-20(19)25-22/h2-9,16-17H,10-15H2,1H3,(H,24,25). The Labute approximate surface area is 165 Å². The van der Waals surface area contributed by atoms with E-state index >= 15 is 0 Å². The van der Waals surface area contributed by atoms with Crippen LogP contribution in [0, 0.1) is 5.92 Å². The lowest BCUT2D eigenvalue weighted by Crippen LogP contribution is -2.44. The Hall–Kier alpha value is -2.66. The number of fused-ring (bicyclic) bond motifs is 2. The third kappa shape index (κ3) is 3.10. The molecular weight excluding hydrogens is 348 g/mol. The smallest absolute Gasteiger partial charge is 0.230 e. The normalized spacial score (nSPS) is 20.6. The number of nitrogens with one attached hydrogen (secondary N) is 1. The van der Waals surface area contributed by atoms with E-state index in [0.717, 1.165) is 61.4 Å². The van der Waals surface area contributed by atoms with Gasteiger partial charge in [-0.2, -0.15) is 0 Å². The number of nitrogens with zero attached hydrogens (tertiary/aromatic N) is 3. The van der Waals surface area contributed by atoms with E-state index < -0.39 is 0 Å². The van der Waals surface area contributed by atoms with Gasteiger partial charge >= 0.3 is 0 Å². The van der Waals surface area contributed by atoms with Crippen molar-refractivity contribution in [2.75, 3.05) is 18.0 Å². The third-order valence-electron chi connectivity index (χ3n) is 6.19. The molecule has 1 fully saturated rings. The summed E-state index contributed by atoms with van der Waals surface area (Å²) in [7, 11) is 0. The quantitative estimate of drug-likeness (QED) is 0.760. The van der Waals surface area contributed by atoms with Crippen LogP contribution < -0.4 is 4.90 Å². The molecule has 2 aliphatic rings. The van der Waals surface area contributed by atoms with Crippen LogP contribution in [0.5, 0.6) is 0 Å². The van der Waals surface area contributed by atoms with Crippen molar-refractivity contribution in [3.63, 3.8) is 0 Å². The molecule has 3 aromatic rings. The molecule has 0 saturated carbocycles. The molecule has 1 N–H and O–H groups in total. The zero-order valence-corrected chi connectivity index (χ0v) is 16.3. The fourth-order valence-electron chi connectivity index (χ4n) is 4.73. The summed E-state index contributed by atoms with van der Waals surface area (Å²) < 4.78 is 0. The van der Waals surface area contributed by atoms with Crippen LogP contribution in [0.2, 0.25) is 0 Å². The number of hydrogen-bond acceptors (Lipinski definition) is 3. The van der Waals surface area contributed by atoms with E-state index in [4.69, 9.17) is 0 Å². The minimum absolute atomic E-state index is 0.125. The third-order valence-corrected chi connectivity index (χ3v) is 6.19. The second-order valence-electron chi connectivity index (χ2n) is 8.14. The van der Waals surface area contributed by atoms with Crippen molar-refractivity contribution < 1.29 is 4.79 Å².